The summed E-state index contributed by atoms with van der Waals surface area (Å²) >= 11 is 1.33. The van der Waals surface area contributed by atoms with Gasteiger partial charge in [-0.3, -0.25) is 14.9 Å². The van der Waals surface area contributed by atoms with Gasteiger partial charge in [0.2, 0.25) is 11.8 Å². The first-order valence-electron chi connectivity index (χ1n) is 6.98. The van der Waals surface area contributed by atoms with Crippen molar-refractivity contribution in [3.05, 3.63) is 51.7 Å². The lowest BCUT2D eigenvalue weighted by Crippen LogP contribution is -2.30. The molecule has 0 radical (unpaired) electrons. The van der Waals surface area contributed by atoms with Gasteiger partial charge in [-0.15, -0.1) is 11.8 Å². The Kier molecular flexibility index (Phi) is 5.38. The van der Waals surface area contributed by atoms with E-state index in [0.29, 0.717) is 5.89 Å². The van der Waals surface area contributed by atoms with E-state index in [0.717, 1.165) is 16.3 Å². The third-order valence-electron chi connectivity index (χ3n) is 3.22. The first-order valence-corrected chi connectivity index (χ1v) is 7.86. The highest BCUT2D eigenvalue weighted by Crippen LogP contribution is 2.25. The number of oxazole rings is 1. The van der Waals surface area contributed by atoms with E-state index in [1.807, 2.05) is 13.8 Å². The maximum absolute atomic E-state index is 12.1. The van der Waals surface area contributed by atoms with E-state index in [1.54, 1.807) is 19.1 Å². The van der Waals surface area contributed by atoms with Crippen LogP contribution in [0.15, 0.2) is 33.6 Å². The molecular formula is C15H17N3O4S. The van der Waals surface area contributed by atoms with Gasteiger partial charge in [-0.2, -0.15) is 0 Å². The number of nitro groups is 1. The van der Waals surface area contributed by atoms with E-state index in [1.165, 1.54) is 23.9 Å². The Hall–Kier alpha value is -2.35. The van der Waals surface area contributed by atoms with Gasteiger partial charge in [0, 0.05) is 17.0 Å². The second-order valence-corrected chi connectivity index (χ2v) is 6.39. The Bertz CT molecular complexity index is 693. The molecule has 8 heteroatoms. The summed E-state index contributed by atoms with van der Waals surface area (Å²) in [5.41, 5.74) is 0.837. The molecule has 0 saturated carbocycles. The van der Waals surface area contributed by atoms with Crippen molar-refractivity contribution in [1.82, 2.24) is 10.3 Å². The molecule has 7 nitrogen and oxygen atoms in total. The van der Waals surface area contributed by atoms with Gasteiger partial charge in [-0.05, 0) is 32.9 Å². The number of thioether (sulfide) groups is 1. The number of aryl methyl sites for hydroxylation is 2. The van der Waals surface area contributed by atoms with Crippen LogP contribution in [-0.2, 0) is 11.3 Å². The van der Waals surface area contributed by atoms with Crippen LogP contribution in [0.5, 0.6) is 0 Å². The van der Waals surface area contributed by atoms with Crippen LogP contribution in [0.4, 0.5) is 5.69 Å². The predicted octanol–water partition coefficient (Wildman–Crippen LogP) is 3.00. The number of amides is 1. The Labute approximate surface area is 137 Å². The molecule has 1 aromatic carbocycles. The Morgan fingerprint density at radius 3 is 2.57 bits per heavy atom. The number of aromatic nitrogens is 1. The lowest BCUT2D eigenvalue weighted by Gasteiger charge is -2.10. The molecule has 2 rings (SSSR count). The summed E-state index contributed by atoms with van der Waals surface area (Å²) in [6, 6.07) is 6.11. The molecule has 122 valence electrons. The van der Waals surface area contributed by atoms with Crippen LogP contribution in [0.1, 0.15) is 24.3 Å². The number of carbonyl (C=O) groups is 1. The zero-order valence-corrected chi connectivity index (χ0v) is 13.8. The van der Waals surface area contributed by atoms with E-state index in [4.69, 9.17) is 4.42 Å². The van der Waals surface area contributed by atoms with Gasteiger partial charge >= 0.3 is 0 Å². The minimum Gasteiger partial charge on any atom is -0.444 e. The minimum absolute atomic E-state index is 0.0288. The highest BCUT2D eigenvalue weighted by Gasteiger charge is 2.16. The van der Waals surface area contributed by atoms with Gasteiger partial charge in [-0.25, -0.2) is 4.98 Å². The van der Waals surface area contributed by atoms with Crippen LogP contribution in [0.25, 0.3) is 0 Å². The normalized spacial score (nSPS) is 12.0. The first-order chi connectivity index (χ1) is 10.9. The highest BCUT2D eigenvalue weighted by atomic mass is 32.2. The molecule has 0 aliphatic heterocycles. The van der Waals surface area contributed by atoms with Crippen LogP contribution < -0.4 is 5.32 Å². The molecule has 1 aromatic heterocycles. The fourth-order valence-electron chi connectivity index (χ4n) is 1.83. The van der Waals surface area contributed by atoms with Crippen molar-refractivity contribution < 1.29 is 14.1 Å². The van der Waals surface area contributed by atoms with Crippen LogP contribution in [0.3, 0.4) is 0 Å². The third-order valence-corrected chi connectivity index (χ3v) is 4.33. The number of rotatable bonds is 6. The number of non-ortho nitro benzene ring substituents is 1. The Morgan fingerprint density at radius 2 is 2.04 bits per heavy atom. The lowest BCUT2D eigenvalue weighted by atomic mass is 10.3. The monoisotopic (exact) mass is 335 g/mol. The van der Waals surface area contributed by atoms with E-state index in [-0.39, 0.29) is 23.4 Å². The fraction of sp³-hybridized carbons (Fsp3) is 0.333. The molecule has 0 aliphatic carbocycles. The molecule has 1 unspecified atom stereocenters. The molecule has 1 N–H and O–H groups in total. The van der Waals surface area contributed by atoms with Crippen molar-refractivity contribution in [2.45, 2.75) is 37.5 Å². The number of nitrogens with one attached hydrogen (secondary N) is 1. The Morgan fingerprint density at radius 1 is 1.39 bits per heavy atom. The van der Waals surface area contributed by atoms with Gasteiger partial charge in [-0.1, -0.05) is 0 Å². The summed E-state index contributed by atoms with van der Waals surface area (Å²) in [7, 11) is 0. The van der Waals surface area contributed by atoms with Gasteiger partial charge in [0.15, 0.2) is 0 Å². The molecule has 0 aliphatic rings. The van der Waals surface area contributed by atoms with Crippen molar-refractivity contribution in [3.63, 3.8) is 0 Å². The van der Waals surface area contributed by atoms with Crippen LogP contribution in [0, 0.1) is 24.0 Å². The van der Waals surface area contributed by atoms with E-state index < -0.39 is 4.92 Å². The predicted molar refractivity (Wildman–Crippen MR) is 86.2 cm³/mol. The number of nitro benzene ring substituents is 1. The van der Waals surface area contributed by atoms with Crippen molar-refractivity contribution in [1.29, 1.82) is 0 Å². The molecule has 0 spiro atoms. The largest absolute Gasteiger partial charge is 0.444 e. The Balaban J connectivity index is 1.88. The zero-order chi connectivity index (χ0) is 17.0. The number of nitrogens with zero attached hydrogens (tertiary/aromatic N) is 2. The zero-order valence-electron chi connectivity index (χ0n) is 13.0. The van der Waals surface area contributed by atoms with E-state index in [9.17, 15) is 14.9 Å². The molecule has 1 atom stereocenters. The summed E-state index contributed by atoms with van der Waals surface area (Å²) in [4.78, 5) is 27.2. The molecule has 0 fully saturated rings. The average Bonchev–Trinajstić information content (AvgIpc) is 2.84. The maximum atomic E-state index is 12.1. The summed E-state index contributed by atoms with van der Waals surface area (Å²) in [5, 5.41) is 13.0. The maximum Gasteiger partial charge on any atom is 0.269 e. The van der Waals surface area contributed by atoms with E-state index >= 15 is 0 Å². The molecule has 0 saturated heterocycles. The summed E-state index contributed by atoms with van der Waals surface area (Å²) < 4.78 is 5.40. The van der Waals surface area contributed by atoms with Gasteiger partial charge in [0.05, 0.1) is 22.4 Å². The minimum atomic E-state index is -0.453. The lowest BCUT2D eigenvalue weighted by molar-refractivity contribution is -0.384. The molecule has 23 heavy (non-hydrogen) atoms. The third kappa shape index (κ3) is 4.56. The second kappa shape index (κ2) is 7.28. The first kappa shape index (κ1) is 17.0. The van der Waals surface area contributed by atoms with Gasteiger partial charge in [0.1, 0.15) is 5.76 Å². The van der Waals surface area contributed by atoms with Crippen LogP contribution in [-0.4, -0.2) is 21.1 Å². The summed E-state index contributed by atoms with van der Waals surface area (Å²) in [6.07, 6.45) is 0. The molecule has 1 heterocycles. The van der Waals surface area contributed by atoms with Crippen LogP contribution in [0.2, 0.25) is 0 Å². The standard InChI is InChI=1S/C15H17N3O4S/c1-9-10(2)22-14(17-9)8-16-15(19)11(3)23-13-6-4-12(5-7-13)18(20)21/h4-7,11H,8H2,1-3H3,(H,16,19). The van der Waals surface area contributed by atoms with Crippen LogP contribution >= 0.6 is 11.8 Å². The second-order valence-electron chi connectivity index (χ2n) is 4.98. The molecular weight excluding hydrogens is 318 g/mol. The SMILES string of the molecule is Cc1nc(CNC(=O)C(C)Sc2ccc([N+](=O)[O-])cc2)oc1C. The highest BCUT2D eigenvalue weighted by molar-refractivity contribution is 8.00. The van der Waals surface area contributed by atoms with Crippen molar-refractivity contribution >= 4 is 23.4 Å². The van der Waals surface area contributed by atoms with Crippen molar-refractivity contribution in [2.75, 3.05) is 0 Å². The summed E-state index contributed by atoms with van der Waals surface area (Å²) in [5.74, 6) is 1.06. The van der Waals surface area contributed by atoms with Gasteiger partial charge in [0.25, 0.3) is 5.69 Å². The molecule has 2 aromatic rings. The van der Waals surface area contributed by atoms with Crippen molar-refractivity contribution in [3.8, 4) is 0 Å². The number of benzene rings is 1. The number of hydrogen-bond acceptors (Lipinski definition) is 6. The number of hydrogen-bond donors (Lipinski definition) is 1. The van der Waals surface area contributed by atoms with Gasteiger partial charge < -0.3 is 9.73 Å². The summed E-state index contributed by atoms with van der Waals surface area (Å²) in [6.45, 7) is 5.67. The van der Waals surface area contributed by atoms with Crippen molar-refractivity contribution in [2.24, 2.45) is 0 Å². The average molecular weight is 335 g/mol. The number of carbonyl (C=O) groups excluding carboxylic acids is 1. The smallest absolute Gasteiger partial charge is 0.269 e. The van der Waals surface area contributed by atoms with E-state index in [2.05, 4.69) is 10.3 Å². The quantitative estimate of drug-likeness (QED) is 0.495. The topological polar surface area (TPSA) is 98.3 Å². The molecule has 1 amide bonds. The molecule has 0 bridgehead atoms. The fourth-order valence-corrected chi connectivity index (χ4v) is 2.72.